The molecule has 0 heterocycles. The summed E-state index contributed by atoms with van der Waals surface area (Å²) < 4.78 is 0. The highest BCUT2D eigenvalue weighted by Crippen LogP contribution is 2.19. The molecule has 0 saturated heterocycles. The highest BCUT2D eigenvalue weighted by atomic mass is 14.6. The Morgan fingerprint density at radius 3 is 2.57 bits per heavy atom. The molecule has 1 heteroatoms. The lowest BCUT2D eigenvalue weighted by atomic mass is 10.0. The molecule has 0 amide bonds. The molecule has 0 aliphatic rings. The standard InChI is InChI=1S/C13H13N/c1-10(14)9-12-7-4-6-11-5-2-3-8-13(11)12/h2-8H,1,9,14H2. The summed E-state index contributed by atoms with van der Waals surface area (Å²) in [6.07, 6.45) is 0.751. The summed E-state index contributed by atoms with van der Waals surface area (Å²) in [6.45, 7) is 3.73. The summed E-state index contributed by atoms with van der Waals surface area (Å²) in [4.78, 5) is 0. The van der Waals surface area contributed by atoms with Crippen LogP contribution in [-0.2, 0) is 6.42 Å². The van der Waals surface area contributed by atoms with E-state index in [0.29, 0.717) is 5.70 Å². The number of allylic oxidation sites excluding steroid dienone is 1. The van der Waals surface area contributed by atoms with E-state index in [4.69, 9.17) is 5.73 Å². The summed E-state index contributed by atoms with van der Waals surface area (Å²) >= 11 is 0. The Labute approximate surface area is 83.9 Å². The number of benzene rings is 2. The van der Waals surface area contributed by atoms with E-state index in [1.165, 1.54) is 16.3 Å². The summed E-state index contributed by atoms with van der Waals surface area (Å²) in [5.41, 5.74) is 7.58. The number of hydrogen-bond acceptors (Lipinski definition) is 1. The zero-order valence-corrected chi connectivity index (χ0v) is 8.03. The molecule has 2 aromatic rings. The van der Waals surface area contributed by atoms with E-state index in [-0.39, 0.29) is 0 Å². The first-order chi connectivity index (χ1) is 6.77. The Kier molecular flexibility index (Phi) is 2.23. The molecule has 2 aromatic carbocycles. The Morgan fingerprint density at radius 1 is 1.07 bits per heavy atom. The molecule has 0 fully saturated rings. The lowest BCUT2D eigenvalue weighted by molar-refractivity contribution is 1.14. The van der Waals surface area contributed by atoms with Gasteiger partial charge in [-0.2, -0.15) is 0 Å². The second-order valence-electron chi connectivity index (χ2n) is 3.47. The van der Waals surface area contributed by atoms with Crippen LogP contribution in [0.25, 0.3) is 10.8 Å². The van der Waals surface area contributed by atoms with Crippen molar-refractivity contribution in [2.45, 2.75) is 6.42 Å². The Bertz CT molecular complexity index is 466. The first-order valence-corrected chi connectivity index (χ1v) is 4.67. The maximum absolute atomic E-state index is 5.62. The average Bonchev–Trinajstić information content (AvgIpc) is 2.18. The number of hydrogen-bond donors (Lipinski definition) is 1. The maximum Gasteiger partial charge on any atom is 0.0121 e. The molecule has 1 nitrogen and oxygen atoms in total. The monoisotopic (exact) mass is 183 g/mol. The Balaban J connectivity index is 2.59. The van der Waals surface area contributed by atoms with Crippen LogP contribution >= 0.6 is 0 Å². The van der Waals surface area contributed by atoms with Crippen molar-refractivity contribution in [3.8, 4) is 0 Å². The fraction of sp³-hybridized carbons (Fsp3) is 0.0769. The summed E-state index contributed by atoms with van der Waals surface area (Å²) in [6, 6.07) is 14.6. The van der Waals surface area contributed by atoms with Gasteiger partial charge in [0.05, 0.1) is 0 Å². The van der Waals surface area contributed by atoms with Crippen LogP contribution in [0.1, 0.15) is 5.56 Å². The van der Waals surface area contributed by atoms with Crippen LogP contribution in [0.2, 0.25) is 0 Å². The van der Waals surface area contributed by atoms with Crippen molar-refractivity contribution < 1.29 is 0 Å². The fourth-order valence-electron chi connectivity index (χ4n) is 1.69. The lowest BCUT2D eigenvalue weighted by Crippen LogP contribution is -1.99. The van der Waals surface area contributed by atoms with E-state index < -0.39 is 0 Å². The molecule has 0 bridgehead atoms. The second-order valence-corrected chi connectivity index (χ2v) is 3.47. The van der Waals surface area contributed by atoms with Crippen LogP contribution < -0.4 is 5.73 Å². The van der Waals surface area contributed by atoms with Gasteiger partial charge < -0.3 is 5.73 Å². The quantitative estimate of drug-likeness (QED) is 0.761. The van der Waals surface area contributed by atoms with Crippen LogP contribution in [0.4, 0.5) is 0 Å². The van der Waals surface area contributed by atoms with Gasteiger partial charge in [0.2, 0.25) is 0 Å². The SMILES string of the molecule is C=C(N)Cc1cccc2ccccc12. The largest absolute Gasteiger partial charge is 0.402 e. The molecule has 0 spiro atoms. The van der Waals surface area contributed by atoms with Crippen LogP contribution in [0, 0.1) is 0 Å². The zero-order valence-electron chi connectivity index (χ0n) is 8.03. The molecule has 0 aromatic heterocycles. The van der Waals surface area contributed by atoms with Gasteiger partial charge in [0.15, 0.2) is 0 Å². The molecule has 2 rings (SSSR count). The third kappa shape index (κ3) is 1.62. The molecule has 0 saturated carbocycles. The zero-order chi connectivity index (χ0) is 9.97. The van der Waals surface area contributed by atoms with Crippen LogP contribution in [0.5, 0.6) is 0 Å². The summed E-state index contributed by atoms with van der Waals surface area (Å²) in [5.74, 6) is 0. The van der Waals surface area contributed by atoms with Gasteiger partial charge in [0.25, 0.3) is 0 Å². The Hall–Kier alpha value is -1.76. The van der Waals surface area contributed by atoms with Gasteiger partial charge in [-0.3, -0.25) is 0 Å². The molecule has 0 atom stereocenters. The van der Waals surface area contributed by atoms with Gasteiger partial charge in [-0.25, -0.2) is 0 Å². The van der Waals surface area contributed by atoms with Crippen molar-refractivity contribution >= 4 is 10.8 Å². The molecule has 2 N–H and O–H groups in total. The van der Waals surface area contributed by atoms with Gasteiger partial charge in [0, 0.05) is 12.1 Å². The maximum atomic E-state index is 5.62. The minimum absolute atomic E-state index is 0.710. The van der Waals surface area contributed by atoms with E-state index in [2.05, 4.69) is 36.9 Å². The summed E-state index contributed by atoms with van der Waals surface area (Å²) in [5, 5.41) is 2.52. The summed E-state index contributed by atoms with van der Waals surface area (Å²) in [7, 11) is 0. The average molecular weight is 183 g/mol. The van der Waals surface area contributed by atoms with Gasteiger partial charge in [-0.1, -0.05) is 49.0 Å². The van der Waals surface area contributed by atoms with Crippen molar-refractivity contribution in [3.63, 3.8) is 0 Å². The molecule has 70 valence electrons. The van der Waals surface area contributed by atoms with E-state index in [1.807, 2.05) is 12.1 Å². The number of nitrogens with two attached hydrogens (primary N) is 1. The topological polar surface area (TPSA) is 26.0 Å². The van der Waals surface area contributed by atoms with Gasteiger partial charge >= 0.3 is 0 Å². The third-order valence-corrected chi connectivity index (χ3v) is 2.30. The van der Waals surface area contributed by atoms with E-state index in [9.17, 15) is 0 Å². The molecular formula is C13H13N. The van der Waals surface area contributed by atoms with Crippen molar-refractivity contribution in [1.82, 2.24) is 0 Å². The highest BCUT2D eigenvalue weighted by Gasteiger charge is 1.99. The molecule has 0 aliphatic heterocycles. The van der Waals surface area contributed by atoms with Crippen LogP contribution in [0.3, 0.4) is 0 Å². The third-order valence-electron chi connectivity index (χ3n) is 2.30. The Morgan fingerprint density at radius 2 is 1.79 bits per heavy atom. The second kappa shape index (κ2) is 3.54. The van der Waals surface area contributed by atoms with E-state index >= 15 is 0 Å². The minimum atomic E-state index is 0.710. The van der Waals surface area contributed by atoms with Crippen molar-refractivity contribution in [2.75, 3.05) is 0 Å². The van der Waals surface area contributed by atoms with Gasteiger partial charge in [-0.05, 0) is 16.3 Å². The highest BCUT2D eigenvalue weighted by molar-refractivity contribution is 5.85. The normalized spacial score (nSPS) is 10.3. The van der Waals surface area contributed by atoms with E-state index in [1.54, 1.807) is 0 Å². The molecule has 0 radical (unpaired) electrons. The number of fused-ring (bicyclic) bond motifs is 1. The predicted molar refractivity (Wildman–Crippen MR) is 61.0 cm³/mol. The first-order valence-electron chi connectivity index (χ1n) is 4.67. The van der Waals surface area contributed by atoms with E-state index in [0.717, 1.165) is 6.42 Å². The predicted octanol–water partition coefficient (Wildman–Crippen LogP) is 2.85. The minimum Gasteiger partial charge on any atom is -0.402 e. The lowest BCUT2D eigenvalue weighted by Gasteiger charge is -2.05. The van der Waals surface area contributed by atoms with Gasteiger partial charge in [-0.15, -0.1) is 0 Å². The first kappa shape index (κ1) is 8.82. The number of rotatable bonds is 2. The molecular weight excluding hydrogens is 170 g/mol. The van der Waals surface area contributed by atoms with Crippen molar-refractivity contribution in [1.29, 1.82) is 0 Å². The smallest absolute Gasteiger partial charge is 0.0121 e. The van der Waals surface area contributed by atoms with Crippen molar-refractivity contribution in [3.05, 3.63) is 60.3 Å². The van der Waals surface area contributed by atoms with Crippen molar-refractivity contribution in [2.24, 2.45) is 5.73 Å². The van der Waals surface area contributed by atoms with Crippen LogP contribution in [0.15, 0.2) is 54.7 Å². The molecule has 0 unspecified atom stereocenters. The molecule has 0 aliphatic carbocycles. The fourth-order valence-corrected chi connectivity index (χ4v) is 1.69. The van der Waals surface area contributed by atoms with Crippen LogP contribution in [-0.4, -0.2) is 0 Å². The molecule has 14 heavy (non-hydrogen) atoms. The van der Waals surface area contributed by atoms with Gasteiger partial charge in [0.1, 0.15) is 0 Å².